The maximum atomic E-state index is 11.3. The van der Waals surface area contributed by atoms with E-state index in [1.807, 2.05) is 19.9 Å². The van der Waals surface area contributed by atoms with Crippen molar-refractivity contribution < 1.29 is 19.4 Å². The van der Waals surface area contributed by atoms with Gasteiger partial charge in [0, 0.05) is 9.75 Å². The second kappa shape index (κ2) is 9.43. The van der Waals surface area contributed by atoms with Crippen LogP contribution in [0.25, 0.3) is 0 Å². The molecule has 3 rings (SSSR count). The molecule has 0 amide bonds. The summed E-state index contributed by atoms with van der Waals surface area (Å²) in [5.74, 6) is 0.614. The minimum absolute atomic E-state index is 0.100. The van der Waals surface area contributed by atoms with Gasteiger partial charge >= 0.3 is 5.97 Å². The van der Waals surface area contributed by atoms with E-state index >= 15 is 0 Å². The summed E-state index contributed by atoms with van der Waals surface area (Å²) in [5.41, 5.74) is 1.16. The van der Waals surface area contributed by atoms with Crippen LogP contribution in [0.15, 0.2) is 30.3 Å². The fourth-order valence-electron chi connectivity index (χ4n) is 3.80. The molecule has 1 saturated heterocycles. The molecule has 1 aromatic heterocycles. The Morgan fingerprint density at radius 2 is 1.82 bits per heavy atom. The zero-order chi connectivity index (χ0) is 20.1. The van der Waals surface area contributed by atoms with Gasteiger partial charge in [0.1, 0.15) is 0 Å². The van der Waals surface area contributed by atoms with Gasteiger partial charge < -0.3 is 14.6 Å². The Labute approximate surface area is 170 Å². The summed E-state index contributed by atoms with van der Waals surface area (Å²) < 4.78 is 11.6. The molecule has 1 atom stereocenters. The number of hydrogen-bond acceptors (Lipinski definition) is 5. The Morgan fingerprint density at radius 1 is 1.14 bits per heavy atom. The Kier molecular flexibility index (Phi) is 6.97. The molecule has 28 heavy (non-hydrogen) atoms. The van der Waals surface area contributed by atoms with Crippen LogP contribution in [-0.4, -0.2) is 42.3 Å². The van der Waals surface area contributed by atoms with Crippen molar-refractivity contribution in [2.45, 2.75) is 39.7 Å². The van der Waals surface area contributed by atoms with Gasteiger partial charge in [0.25, 0.3) is 0 Å². The molecule has 0 radical (unpaired) electrons. The number of hydrogen-bond donors (Lipinski definition) is 1. The van der Waals surface area contributed by atoms with Crippen molar-refractivity contribution in [3.05, 3.63) is 45.6 Å². The van der Waals surface area contributed by atoms with E-state index in [9.17, 15) is 9.90 Å². The van der Waals surface area contributed by atoms with Crippen LogP contribution in [0.5, 0.6) is 11.5 Å². The zero-order valence-corrected chi connectivity index (χ0v) is 17.6. The topological polar surface area (TPSA) is 59.0 Å². The number of piperidine rings is 1. The number of thiophene rings is 1. The SMILES string of the molecule is CCOc1ccc(C(c2ccc(C)s2)N2CCC(C(=O)O)CC2)cc1OCC. The van der Waals surface area contributed by atoms with Gasteiger partial charge in [-0.3, -0.25) is 9.69 Å². The lowest BCUT2D eigenvalue weighted by atomic mass is 9.93. The van der Waals surface area contributed by atoms with Crippen LogP contribution in [0.3, 0.4) is 0 Å². The molecule has 1 aromatic carbocycles. The van der Waals surface area contributed by atoms with Crippen LogP contribution in [0, 0.1) is 12.8 Å². The fraction of sp³-hybridized carbons (Fsp3) is 0.500. The molecule has 2 heterocycles. The van der Waals surface area contributed by atoms with Gasteiger partial charge in [-0.2, -0.15) is 0 Å². The van der Waals surface area contributed by atoms with E-state index in [1.165, 1.54) is 9.75 Å². The first-order chi connectivity index (χ1) is 13.5. The van der Waals surface area contributed by atoms with Crippen LogP contribution >= 0.6 is 11.3 Å². The van der Waals surface area contributed by atoms with Crippen LogP contribution in [0.1, 0.15) is 48.0 Å². The Bertz CT molecular complexity index is 796. The fourth-order valence-corrected chi connectivity index (χ4v) is 4.84. The lowest BCUT2D eigenvalue weighted by molar-refractivity contribution is -0.143. The van der Waals surface area contributed by atoms with Crippen molar-refractivity contribution in [1.29, 1.82) is 0 Å². The number of carboxylic acid groups (broad SMARTS) is 1. The lowest BCUT2D eigenvalue weighted by Crippen LogP contribution is -2.39. The molecule has 1 aliphatic rings. The molecule has 152 valence electrons. The minimum Gasteiger partial charge on any atom is -0.490 e. The molecule has 5 nitrogen and oxygen atoms in total. The third-order valence-electron chi connectivity index (χ3n) is 5.16. The predicted molar refractivity (Wildman–Crippen MR) is 112 cm³/mol. The number of likely N-dealkylation sites (tertiary alicyclic amines) is 1. The highest BCUT2D eigenvalue weighted by Gasteiger charge is 2.31. The van der Waals surface area contributed by atoms with E-state index in [1.54, 1.807) is 11.3 Å². The quantitative estimate of drug-likeness (QED) is 0.690. The molecule has 1 unspecified atom stereocenters. The first kappa shape index (κ1) is 20.7. The van der Waals surface area contributed by atoms with Gasteiger partial charge in [-0.25, -0.2) is 0 Å². The number of aryl methyl sites for hydroxylation is 1. The summed E-state index contributed by atoms with van der Waals surface area (Å²) >= 11 is 1.80. The Balaban J connectivity index is 1.93. The van der Waals surface area contributed by atoms with Crippen molar-refractivity contribution in [2.24, 2.45) is 5.92 Å². The number of aliphatic carboxylic acids is 1. The van der Waals surface area contributed by atoms with Gasteiger partial charge in [0.2, 0.25) is 0 Å². The van der Waals surface area contributed by atoms with Gasteiger partial charge in [-0.15, -0.1) is 11.3 Å². The van der Waals surface area contributed by atoms with Crippen molar-refractivity contribution in [1.82, 2.24) is 4.90 Å². The summed E-state index contributed by atoms with van der Waals surface area (Å²) in [5, 5.41) is 9.33. The van der Waals surface area contributed by atoms with Gasteiger partial charge in [0.05, 0.1) is 25.2 Å². The van der Waals surface area contributed by atoms with Crippen molar-refractivity contribution in [3.63, 3.8) is 0 Å². The maximum absolute atomic E-state index is 11.3. The normalized spacial score (nSPS) is 16.7. The van der Waals surface area contributed by atoms with Crippen molar-refractivity contribution >= 4 is 17.3 Å². The molecule has 2 aromatic rings. The van der Waals surface area contributed by atoms with Crippen LogP contribution in [-0.2, 0) is 4.79 Å². The monoisotopic (exact) mass is 403 g/mol. The van der Waals surface area contributed by atoms with E-state index < -0.39 is 5.97 Å². The molecule has 0 aliphatic carbocycles. The van der Waals surface area contributed by atoms with E-state index in [-0.39, 0.29) is 12.0 Å². The molecular formula is C22H29NO4S. The minimum atomic E-state index is -0.678. The second-order valence-corrected chi connectivity index (χ2v) is 8.39. The summed E-state index contributed by atoms with van der Waals surface area (Å²) in [7, 11) is 0. The largest absolute Gasteiger partial charge is 0.490 e. The van der Waals surface area contributed by atoms with E-state index in [0.29, 0.717) is 26.1 Å². The number of carboxylic acids is 1. The molecule has 0 spiro atoms. The number of ether oxygens (including phenoxy) is 2. The first-order valence-corrected chi connectivity index (χ1v) is 10.8. The summed E-state index contributed by atoms with van der Waals surface area (Å²) in [6, 6.07) is 10.6. The molecule has 0 saturated carbocycles. The first-order valence-electron chi connectivity index (χ1n) is 9.96. The average molecular weight is 404 g/mol. The number of carbonyl (C=O) groups is 1. The summed E-state index contributed by atoms with van der Waals surface area (Å²) in [6.45, 7) is 8.77. The number of rotatable bonds is 8. The third-order valence-corrected chi connectivity index (χ3v) is 6.21. The van der Waals surface area contributed by atoms with Gasteiger partial charge in [-0.1, -0.05) is 6.07 Å². The van der Waals surface area contributed by atoms with E-state index in [2.05, 4.69) is 36.1 Å². The second-order valence-electron chi connectivity index (χ2n) is 7.07. The molecule has 0 bridgehead atoms. The predicted octanol–water partition coefficient (Wildman–Crippen LogP) is 4.74. The zero-order valence-electron chi connectivity index (χ0n) is 16.8. The van der Waals surface area contributed by atoms with Crippen LogP contribution in [0.4, 0.5) is 0 Å². The maximum Gasteiger partial charge on any atom is 0.306 e. The number of benzene rings is 1. The highest BCUT2D eigenvalue weighted by molar-refractivity contribution is 7.12. The molecule has 6 heteroatoms. The third kappa shape index (κ3) is 4.67. The molecule has 1 aliphatic heterocycles. The van der Waals surface area contributed by atoms with Crippen LogP contribution < -0.4 is 9.47 Å². The smallest absolute Gasteiger partial charge is 0.306 e. The van der Waals surface area contributed by atoms with E-state index in [4.69, 9.17) is 9.47 Å². The highest BCUT2D eigenvalue weighted by Crippen LogP contribution is 2.39. The van der Waals surface area contributed by atoms with Gasteiger partial charge in [0.15, 0.2) is 11.5 Å². The summed E-state index contributed by atoms with van der Waals surface area (Å²) in [6.07, 6.45) is 1.37. The summed E-state index contributed by atoms with van der Waals surface area (Å²) in [4.78, 5) is 16.3. The van der Waals surface area contributed by atoms with Gasteiger partial charge in [-0.05, 0) is 76.5 Å². The molecule has 1 fully saturated rings. The van der Waals surface area contributed by atoms with E-state index in [0.717, 1.165) is 30.2 Å². The molecular weight excluding hydrogens is 374 g/mol. The molecule has 1 N–H and O–H groups in total. The van der Waals surface area contributed by atoms with Crippen molar-refractivity contribution in [3.8, 4) is 11.5 Å². The van der Waals surface area contributed by atoms with Crippen molar-refractivity contribution in [2.75, 3.05) is 26.3 Å². The Morgan fingerprint density at radius 3 is 2.39 bits per heavy atom. The average Bonchev–Trinajstić information content (AvgIpc) is 3.10. The lowest BCUT2D eigenvalue weighted by Gasteiger charge is -2.36. The standard InChI is InChI=1S/C22H29NO4S/c1-4-26-18-8-7-17(14-19(18)27-5-2)21(20-9-6-15(3)28-20)23-12-10-16(11-13-23)22(24)25/h6-9,14,16,21H,4-5,10-13H2,1-3H3,(H,24,25). The number of nitrogens with zero attached hydrogens (tertiary/aromatic N) is 1. The van der Waals surface area contributed by atoms with Crippen LogP contribution in [0.2, 0.25) is 0 Å². The Hall–Kier alpha value is -2.05. The highest BCUT2D eigenvalue weighted by atomic mass is 32.1.